The molecule has 0 aliphatic heterocycles. The number of nitro groups is 1. The van der Waals surface area contributed by atoms with E-state index in [4.69, 9.17) is 11.6 Å². The molecule has 0 bridgehead atoms. The summed E-state index contributed by atoms with van der Waals surface area (Å²) in [5.74, 6) is -0.0979. The first-order valence-electron chi connectivity index (χ1n) is 7.26. The van der Waals surface area contributed by atoms with Gasteiger partial charge < -0.3 is 5.32 Å². The molecular formula is C16H11ClN4O3S2. The second-order valence-electron chi connectivity index (χ2n) is 4.97. The van der Waals surface area contributed by atoms with Crippen LogP contribution in [-0.2, 0) is 4.79 Å². The number of halogens is 1. The van der Waals surface area contributed by atoms with Crippen LogP contribution in [0.2, 0.25) is 5.02 Å². The Labute approximate surface area is 161 Å². The van der Waals surface area contributed by atoms with Crippen LogP contribution in [0.4, 0.5) is 10.8 Å². The van der Waals surface area contributed by atoms with Crippen molar-refractivity contribution in [3.05, 3.63) is 63.1 Å². The van der Waals surface area contributed by atoms with Gasteiger partial charge in [-0.05, 0) is 12.1 Å². The van der Waals surface area contributed by atoms with Gasteiger partial charge in [-0.15, -0.1) is 11.3 Å². The average Bonchev–Trinajstić information content (AvgIpc) is 3.09. The number of carbonyl (C=O) groups is 1. The van der Waals surface area contributed by atoms with Crippen LogP contribution in [0.1, 0.15) is 0 Å². The van der Waals surface area contributed by atoms with E-state index in [0.717, 1.165) is 0 Å². The fourth-order valence-corrected chi connectivity index (χ4v) is 3.71. The lowest BCUT2D eigenvalue weighted by atomic mass is 10.1. The lowest BCUT2D eigenvalue weighted by Gasteiger charge is -2.03. The molecule has 7 nitrogen and oxygen atoms in total. The van der Waals surface area contributed by atoms with E-state index in [2.05, 4.69) is 15.3 Å². The summed E-state index contributed by atoms with van der Waals surface area (Å²) < 4.78 is 0. The lowest BCUT2D eigenvalue weighted by molar-refractivity contribution is -0.384. The quantitative estimate of drug-likeness (QED) is 0.367. The predicted octanol–water partition coefficient (Wildman–Crippen LogP) is 4.50. The second kappa shape index (κ2) is 8.26. The molecule has 1 aromatic carbocycles. The number of amides is 1. The number of thioether (sulfide) groups is 1. The van der Waals surface area contributed by atoms with Gasteiger partial charge in [-0.25, -0.2) is 9.97 Å². The molecule has 10 heteroatoms. The number of non-ortho nitro benzene ring substituents is 1. The number of hydrogen-bond acceptors (Lipinski definition) is 7. The summed E-state index contributed by atoms with van der Waals surface area (Å²) in [6, 6.07) is 9.61. The normalized spacial score (nSPS) is 10.5. The number of pyridine rings is 1. The Morgan fingerprint density at radius 3 is 2.96 bits per heavy atom. The van der Waals surface area contributed by atoms with Crippen molar-refractivity contribution in [2.24, 2.45) is 0 Å². The molecule has 0 saturated heterocycles. The van der Waals surface area contributed by atoms with Crippen LogP contribution in [0.15, 0.2) is 53.0 Å². The number of benzene rings is 1. The van der Waals surface area contributed by atoms with Crippen LogP contribution in [0, 0.1) is 10.1 Å². The second-order valence-corrected chi connectivity index (χ2v) is 7.20. The van der Waals surface area contributed by atoms with Crippen molar-refractivity contribution in [3.8, 4) is 11.3 Å². The SMILES string of the molecule is O=C(CSc1ncccc1Cl)Nc1nc(-c2cccc([N+](=O)[O-])c2)cs1. The monoisotopic (exact) mass is 406 g/mol. The molecule has 0 spiro atoms. The molecule has 132 valence electrons. The topological polar surface area (TPSA) is 98.0 Å². The maximum Gasteiger partial charge on any atom is 0.270 e. The molecule has 2 heterocycles. The summed E-state index contributed by atoms with van der Waals surface area (Å²) in [5.41, 5.74) is 1.17. The summed E-state index contributed by atoms with van der Waals surface area (Å²) >= 11 is 8.48. The maximum atomic E-state index is 12.1. The number of rotatable bonds is 6. The van der Waals surface area contributed by atoms with Gasteiger partial charge in [-0.2, -0.15) is 0 Å². The molecule has 1 N–H and O–H groups in total. The fraction of sp³-hybridized carbons (Fsp3) is 0.0625. The number of carbonyl (C=O) groups excluding carboxylic acids is 1. The molecule has 0 saturated carbocycles. The van der Waals surface area contributed by atoms with Crippen molar-refractivity contribution < 1.29 is 9.72 Å². The third-order valence-corrected chi connectivity index (χ3v) is 5.35. The van der Waals surface area contributed by atoms with Crippen molar-refractivity contribution in [1.82, 2.24) is 9.97 Å². The first-order chi connectivity index (χ1) is 12.5. The first kappa shape index (κ1) is 18.3. The van der Waals surface area contributed by atoms with Crippen LogP contribution in [-0.4, -0.2) is 26.6 Å². The molecule has 0 aliphatic rings. The van der Waals surface area contributed by atoms with Crippen molar-refractivity contribution >= 4 is 51.4 Å². The van der Waals surface area contributed by atoms with Crippen LogP contribution >= 0.6 is 34.7 Å². The third kappa shape index (κ3) is 4.57. The van der Waals surface area contributed by atoms with Crippen LogP contribution in [0.3, 0.4) is 0 Å². The number of nitrogens with one attached hydrogen (secondary N) is 1. The molecule has 0 fully saturated rings. The highest BCUT2D eigenvalue weighted by atomic mass is 35.5. The predicted molar refractivity (Wildman–Crippen MR) is 103 cm³/mol. The largest absolute Gasteiger partial charge is 0.301 e. The molecular weight excluding hydrogens is 396 g/mol. The van der Waals surface area contributed by atoms with Crippen molar-refractivity contribution in [2.75, 3.05) is 11.1 Å². The van der Waals surface area contributed by atoms with E-state index in [0.29, 0.717) is 26.4 Å². The number of thiazole rings is 1. The number of aromatic nitrogens is 2. The Hall–Kier alpha value is -2.49. The van der Waals surface area contributed by atoms with E-state index in [-0.39, 0.29) is 17.3 Å². The van der Waals surface area contributed by atoms with Gasteiger partial charge in [0.1, 0.15) is 5.03 Å². The van der Waals surface area contributed by atoms with Gasteiger partial charge >= 0.3 is 0 Å². The summed E-state index contributed by atoms with van der Waals surface area (Å²) in [7, 11) is 0. The van der Waals surface area contributed by atoms with Crippen molar-refractivity contribution in [3.63, 3.8) is 0 Å². The number of hydrogen-bond donors (Lipinski definition) is 1. The summed E-state index contributed by atoms with van der Waals surface area (Å²) in [5, 5.41) is 16.8. The molecule has 2 aromatic heterocycles. The molecule has 0 unspecified atom stereocenters. The van der Waals surface area contributed by atoms with Gasteiger partial charge in [0.2, 0.25) is 5.91 Å². The molecule has 3 rings (SSSR count). The molecule has 26 heavy (non-hydrogen) atoms. The highest BCUT2D eigenvalue weighted by molar-refractivity contribution is 8.00. The summed E-state index contributed by atoms with van der Waals surface area (Å²) in [6.45, 7) is 0. The minimum absolute atomic E-state index is 0.00951. The zero-order valence-corrected chi connectivity index (χ0v) is 15.5. The van der Waals surface area contributed by atoms with E-state index in [9.17, 15) is 14.9 Å². The molecule has 0 aliphatic carbocycles. The molecule has 0 atom stereocenters. The molecule has 1 amide bonds. The highest BCUT2D eigenvalue weighted by Crippen LogP contribution is 2.28. The van der Waals surface area contributed by atoms with Crippen LogP contribution < -0.4 is 5.32 Å². The van der Waals surface area contributed by atoms with Gasteiger partial charge in [0.05, 0.1) is 21.4 Å². The van der Waals surface area contributed by atoms with Gasteiger partial charge in [-0.3, -0.25) is 14.9 Å². The Balaban J connectivity index is 1.63. The molecule has 0 radical (unpaired) electrons. The Morgan fingerprint density at radius 1 is 1.35 bits per heavy atom. The lowest BCUT2D eigenvalue weighted by Crippen LogP contribution is -2.13. The number of nitro benzene ring substituents is 1. The Morgan fingerprint density at radius 2 is 2.19 bits per heavy atom. The van der Waals surface area contributed by atoms with Crippen LogP contribution in [0.5, 0.6) is 0 Å². The Kier molecular flexibility index (Phi) is 5.82. The zero-order chi connectivity index (χ0) is 18.5. The van der Waals surface area contributed by atoms with E-state index >= 15 is 0 Å². The van der Waals surface area contributed by atoms with Gasteiger partial charge in [0.25, 0.3) is 5.69 Å². The molecule has 3 aromatic rings. The van der Waals surface area contributed by atoms with Gasteiger partial charge in [0, 0.05) is 29.3 Å². The van der Waals surface area contributed by atoms with Crippen LogP contribution in [0.25, 0.3) is 11.3 Å². The van der Waals surface area contributed by atoms with E-state index in [1.807, 2.05) is 0 Å². The van der Waals surface area contributed by atoms with Crippen molar-refractivity contribution in [1.29, 1.82) is 0 Å². The van der Waals surface area contributed by atoms with E-state index in [1.54, 1.807) is 35.8 Å². The standard InChI is InChI=1S/C16H11ClN4O3S2/c17-12-5-2-6-18-15(12)25-9-14(22)20-16-19-13(8-26-16)10-3-1-4-11(7-10)21(23)24/h1-8H,9H2,(H,19,20,22). The first-order valence-corrected chi connectivity index (χ1v) is 9.51. The highest BCUT2D eigenvalue weighted by Gasteiger charge is 2.12. The Bertz CT molecular complexity index is 964. The minimum atomic E-state index is -0.460. The smallest absolute Gasteiger partial charge is 0.270 e. The van der Waals surface area contributed by atoms with E-state index < -0.39 is 4.92 Å². The third-order valence-electron chi connectivity index (χ3n) is 3.17. The van der Waals surface area contributed by atoms with Crippen molar-refractivity contribution in [2.45, 2.75) is 5.03 Å². The summed E-state index contributed by atoms with van der Waals surface area (Å²) in [4.78, 5) is 30.9. The number of anilines is 1. The zero-order valence-electron chi connectivity index (χ0n) is 13.1. The average molecular weight is 407 g/mol. The minimum Gasteiger partial charge on any atom is -0.301 e. The van der Waals surface area contributed by atoms with Gasteiger partial charge in [0.15, 0.2) is 5.13 Å². The van der Waals surface area contributed by atoms with Gasteiger partial charge in [-0.1, -0.05) is 35.5 Å². The maximum absolute atomic E-state index is 12.1. The van der Waals surface area contributed by atoms with E-state index in [1.165, 1.54) is 35.2 Å². The fourth-order valence-electron chi connectivity index (χ4n) is 2.01. The number of nitrogens with zero attached hydrogens (tertiary/aromatic N) is 3. The summed E-state index contributed by atoms with van der Waals surface area (Å²) in [6.07, 6.45) is 1.61.